The number of carboxylic acid groups (broad SMARTS) is 1. The molecule has 30 heavy (non-hydrogen) atoms. The van der Waals surface area contributed by atoms with Crippen LogP contribution in [-0.4, -0.2) is 134 Å². The van der Waals surface area contributed by atoms with Crippen molar-refractivity contribution in [2.75, 3.05) is 19.8 Å². The maximum atomic E-state index is 11.0. The number of carbonyl (C=O) groups excluding carboxylic acids is 1. The molecule has 0 aromatic carbocycles. The Morgan fingerprint density at radius 1 is 0.833 bits per heavy atom. The Hall–Kier alpha value is 0.626. The summed E-state index contributed by atoms with van der Waals surface area (Å²) in [5.74, 6) is -1.83. The molecular weight excluding hydrogens is 443 g/mol. The molecule has 0 unspecified atom stereocenters. The third-order valence-electron chi connectivity index (χ3n) is 4.69. The molecular formula is C15H25KO14. The quantitative estimate of drug-likeness (QED) is 0.154. The van der Waals surface area contributed by atoms with Crippen LogP contribution in [0.3, 0.4) is 0 Å². The van der Waals surface area contributed by atoms with Crippen LogP contribution in [0.1, 0.15) is 0 Å². The molecule has 2 aliphatic rings. The Balaban J connectivity index is 0.00000450. The Bertz CT molecular complexity index is 537. The zero-order valence-corrected chi connectivity index (χ0v) is 19.1. The second kappa shape index (κ2) is 12.8. The summed E-state index contributed by atoms with van der Waals surface area (Å²) >= 11 is 0. The van der Waals surface area contributed by atoms with Gasteiger partial charge in [-0.15, -0.1) is 0 Å². The summed E-state index contributed by atoms with van der Waals surface area (Å²) in [4.78, 5) is 11.0. The first-order valence-corrected chi connectivity index (χ1v) is 8.71. The van der Waals surface area contributed by atoms with Gasteiger partial charge in [0.2, 0.25) is 0 Å². The monoisotopic (exact) mass is 468 g/mol. The summed E-state index contributed by atoms with van der Waals surface area (Å²) in [6, 6.07) is 0. The van der Waals surface area contributed by atoms with Crippen molar-refractivity contribution in [2.45, 2.75) is 67.5 Å². The van der Waals surface area contributed by atoms with Crippen molar-refractivity contribution in [1.29, 1.82) is 0 Å². The number of ether oxygens (including phenoxy) is 4. The number of aliphatic hydroxyl groups is 8. The molecule has 0 radical (unpaired) electrons. The minimum atomic E-state index is -1.93. The average Bonchev–Trinajstić information content (AvgIpc) is 2.70. The molecule has 8 N–H and O–H groups in total. The van der Waals surface area contributed by atoms with Crippen LogP contribution in [0.2, 0.25) is 0 Å². The maximum Gasteiger partial charge on any atom is 1.00 e. The van der Waals surface area contributed by atoms with Crippen LogP contribution in [0.4, 0.5) is 0 Å². The predicted molar refractivity (Wildman–Crippen MR) is 83.4 cm³/mol. The third kappa shape index (κ3) is 6.36. The second-order valence-corrected chi connectivity index (χ2v) is 6.63. The smallest absolute Gasteiger partial charge is 0.547 e. The zero-order valence-electron chi connectivity index (χ0n) is 16.0. The fourth-order valence-electron chi connectivity index (χ4n) is 2.98. The van der Waals surface area contributed by atoms with E-state index in [0.717, 1.165) is 0 Å². The van der Waals surface area contributed by atoms with Crippen LogP contribution in [0.5, 0.6) is 0 Å². The molecule has 14 nitrogen and oxygen atoms in total. The SMILES string of the molecule is O=C([O-])[C@@H](CO)O[C@H]1O[C@H](CO)[C@@H](O)[C@H](O)[C@H]1O[C@H]1O[C@H](CO)[C@@H](O)[C@H](O)[C@@H]1O.[K+]. The van der Waals surface area contributed by atoms with Gasteiger partial charge in [-0.05, 0) is 0 Å². The van der Waals surface area contributed by atoms with E-state index in [1.54, 1.807) is 0 Å². The van der Waals surface area contributed by atoms with E-state index in [4.69, 9.17) is 24.1 Å². The van der Waals surface area contributed by atoms with Crippen LogP contribution in [-0.2, 0) is 23.7 Å². The van der Waals surface area contributed by atoms with E-state index in [1.807, 2.05) is 0 Å². The van der Waals surface area contributed by atoms with Crippen molar-refractivity contribution in [1.82, 2.24) is 0 Å². The van der Waals surface area contributed by atoms with Crippen molar-refractivity contribution in [3.8, 4) is 0 Å². The van der Waals surface area contributed by atoms with Gasteiger partial charge in [0.25, 0.3) is 0 Å². The van der Waals surface area contributed by atoms with E-state index in [1.165, 1.54) is 0 Å². The minimum Gasteiger partial charge on any atom is -0.547 e. The van der Waals surface area contributed by atoms with Crippen molar-refractivity contribution >= 4 is 5.97 Å². The largest absolute Gasteiger partial charge is 1.00 e. The van der Waals surface area contributed by atoms with Crippen LogP contribution in [0, 0.1) is 0 Å². The van der Waals surface area contributed by atoms with E-state index in [9.17, 15) is 45.6 Å². The number of rotatable bonds is 8. The van der Waals surface area contributed by atoms with E-state index in [0.29, 0.717) is 0 Å². The van der Waals surface area contributed by atoms with Crippen LogP contribution in [0.15, 0.2) is 0 Å². The fourth-order valence-corrected chi connectivity index (χ4v) is 2.98. The number of carbonyl (C=O) groups is 1. The molecule has 11 atom stereocenters. The minimum absolute atomic E-state index is 0. The zero-order chi connectivity index (χ0) is 21.9. The molecule has 2 aliphatic heterocycles. The molecule has 2 rings (SSSR count). The number of hydrogen-bond acceptors (Lipinski definition) is 14. The van der Waals surface area contributed by atoms with E-state index >= 15 is 0 Å². The van der Waals surface area contributed by atoms with Gasteiger partial charge in [0.1, 0.15) is 54.9 Å². The normalized spacial score (nSPS) is 42.9. The topological polar surface area (TPSA) is 239 Å². The molecule has 0 amide bonds. The van der Waals surface area contributed by atoms with Crippen LogP contribution < -0.4 is 56.5 Å². The molecule has 0 spiro atoms. The van der Waals surface area contributed by atoms with Gasteiger partial charge in [-0.2, -0.15) is 0 Å². The van der Waals surface area contributed by atoms with Gasteiger partial charge >= 0.3 is 51.4 Å². The summed E-state index contributed by atoms with van der Waals surface area (Å²) in [7, 11) is 0. The summed E-state index contributed by atoms with van der Waals surface area (Å²) in [5, 5.41) is 88.6. The van der Waals surface area contributed by atoms with Crippen molar-refractivity contribution in [2.24, 2.45) is 0 Å². The molecule has 15 heteroatoms. The first kappa shape index (κ1) is 28.7. The van der Waals surface area contributed by atoms with Crippen LogP contribution >= 0.6 is 0 Å². The Morgan fingerprint density at radius 2 is 1.33 bits per heavy atom. The first-order valence-electron chi connectivity index (χ1n) is 8.71. The maximum absolute atomic E-state index is 11.0. The van der Waals surface area contributed by atoms with Gasteiger partial charge in [-0.3, -0.25) is 0 Å². The predicted octanol–water partition coefficient (Wildman–Crippen LogP) is -10.3. The number of aliphatic carboxylic acids is 1. The molecule has 2 fully saturated rings. The molecule has 0 bridgehead atoms. The Morgan fingerprint density at radius 3 is 1.80 bits per heavy atom. The van der Waals surface area contributed by atoms with Crippen molar-refractivity contribution < 1.29 is 121 Å². The first-order chi connectivity index (χ1) is 13.7. The van der Waals surface area contributed by atoms with E-state index in [-0.39, 0.29) is 51.4 Å². The molecule has 0 saturated carbocycles. The summed E-state index contributed by atoms with van der Waals surface area (Å²) in [6.45, 7) is -2.60. The van der Waals surface area contributed by atoms with E-state index < -0.39 is 93.3 Å². The summed E-state index contributed by atoms with van der Waals surface area (Å²) < 4.78 is 20.6. The third-order valence-corrected chi connectivity index (χ3v) is 4.69. The molecule has 0 aromatic heterocycles. The molecule has 2 heterocycles. The Kier molecular flexibility index (Phi) is 12.2. The molecule has 170 valence electrons. The standard InChI is InChI=1S/C15H26O14.K/c16-1-4-7(19)9(21)11(23)14(26-4)29-12-10(22)8(20)5(2-17)27-15(12)28-6(3-18)13(24)25;/h4-12,14-23H,1-3H2,(H,24,25);/q;+1/p-1/t4-,5-,6-,7-,8-,9+,10+,11+,12-,14-,15-;/m1./s1. The number of hydrogen-bond donors (Lipinski definition) is 8. The van der Waals surface area contributed by atoms with Crippen LogP contribution in [0.25, 0.3) is 0 Å². The molecule has 0 aromatic rings. The number of aliphatic hydroxyl groups excluding tert-OH is 8. The van der Waals surface area contributed by atoms with Gasteiger partial charge in [0.15, 0.2) is 12.6 Å². The molecule has 0 aliphatic carbocycles. The average molecular weight is 468 g/mol. The van der Waals surface area contributed by atoms with Gasteiger partial charge in [0, 0.05) is 0 Å². The molecule has 2 saturated heterocycles. The fraction of sp³-hybridized carbons (Fsp3) is 0.933. The van der Waals surface area contributed by atoms with Gasteiger partial charge in [0.05, 0.1) is 25.8 Å². The summed E-state index contributed by atoms with van der Waals surface area (Å²) in [5.41, 5.74) is 0. The van der Waals surface area contributed by atoms with Gasteiger partial charge in [-0.1, -0.05) is 0 Å². The number of carboxylic acids is 1. The van der Waals surface area contributed by atoms with Gasteiger partial charge in [-0.25, -0.2) is 0 Å². The van der Waals surface area contributed by atoms with Crippen molar-refractivity contribution in [3.63, 3.8) is 0 Å². The van der Waals surface area contributed by atoms with Crippen molar-refractivity contribution in [3.05, 3.63) is 0 Å². The van der Waals surface area contributed by atoms with E-state index in [2.05, 4.69) is 0 Å². The second-order valence-electron chi connectivity index (χ2n) is 6.63. The Labute approximate surface area is 213 Å². The summed E-state index contributed by atoms with van der Waals surface area (Å²) in [6.07, 6.45) is -19.0. The van der Waals surface area contributed by atoms with Gasteiger partial charge < -0.3 is 69.7 Å².